The van der Waals surface area contributed by atoms with Crippen LogP contribution in [0.15, 0.2) is 34.0 Å². The van der Waals surface area contributed by atoms with Crippen LogP contribution < -0.4 is 10.6 Å². The zero-order valence-electron chi connectivity index (χ0n) is 15.7. The van der Waals surface area contributed by atoms with E-state index in [2.05, 4.69) is 47.6 Å². The molecule has 148 valence electrons. The van der Waals surface area contributed by atoms with Crippen LogP contribution >= 0.6 is 39.9 Å². The molecule has 0 bridgehead atoms. The molecule has 2 N–H and O–H groups in total. The van der Waals surface area contributed by atoms with Crippen molar-refractivity contribution >= 4 is 51.5 Å². The van der Waals surface area contributed by atoms with Crippen LogP contribution in [0.2, 0.25) is 0 Å². The molecule has 1 aliphatic carbocycles. The molecule has 2 aromatic heterocycles. The maximum absolute atomic E-state index is 4.64. The molecule has 4 rings (SSSR count). The third-order valence-electron chi connectivity index (χ3n) is 5.53. The SMILES string of the molecule is CN=C(NCc1cn2cc(Br)ccc2n1)NC1CCN(C2CCCC2)C1.I. The number of guanidine groups is 1. The Hall–Kier alpha value is -0.870. The molecule has 2 fully saturated rings. The topological polar surface area (TPSA) is 57.0 Å². The van der Waals surface area contributed by atoms with Crippen LogP contribution in [0, 0.1) is 0 Å². The fourth-order valence-electron chi connectivity index (χ4n) is 4.17. The average Bonchev–Trinajstić information content (AvgIpc) is 3.37. The Labute approximate surface area is 186 Å². The summed E-state index contributed by atoms with van der Waals surface area (Å²) in [6.07, 6.45) is 10.8. The summed E-state index contributed by atoms with van der Waals surface area (Å²) in [6, 6.07) is 5.32. The minimum atomic E-state index is 0. The normalized spacial score (nSPS) is 21.6. The number of aromatic nitrogens is 2. The lowest BCUT2D eigenvalue weighted by Gasteiger charge is -2.24. The summed E-state index contributed by atoms with van der Waals surface area (Å²) < 4.78 is 3.08. The van der Waals surface area contributed by atoms with E-state index in [0.717, 1.165) is 34.4 Å². The predicted molar refractivity (Wildman–Crippen MR) is 124 cm³/mol. The van der Waals surface area contributed by atoms with Gasteiger partial charge in [-0.25, -0.2) is 4.98 Å². The van der Waals surface area contributed by atoms with Crippen LogP contribution in [0.25, 0.3) is 5.65 Å². The van der Waals surface area contributed by atoms with E-state index in [9.17, 15) is 0 Å². The van der Waals surface area contributed by atoms with Crippen LogP contribution in [0.3, 0.4) is 0 Å². The molecule has 0 aromatic carbocycles. The molecule has 3 heterocycles. The van der Waals surface area contributed by atoms with E-state index in [0.29, 0.717) is 12.6 Å². The van der Waals surface area contributed by atoms with E-state index in [4.69, 9.17) is 0 Å². The number of rotatable bonds is 4. The Bertz CT molecular complexity index is 786. The highest BCUT2D eigenvalue weighted by molar-refractivity contribution is 14.0. The molecule has 1 atom stereocenters. The lowest BCUT2D eigenvalue weighted by atomic mass is 10.2. The fraction of sp³-hybridized carbons (Fsp3) is 0.579. The number of fused-ring (bicyclic) bond motifs is 1. The third-order valence-corrected chi connectivity index (χ3v) is 6.00. The summed E-state index contributed by atoms with van der Waals surface area (Å²) in [7, 11) is 1.83. The maximum atomic E-state index is 4.64. The van der Waals surface area contributed by atoms with Crippen LogP contribution in [0.1, 0.15) is 37.8 Å². The Morgan fingerprint density at radius 2 is 2.07 bits per heavy atom. The van der Waals surface area contributed by atoms with Gasteiger partial charge < -0.3 is 15.0 Å². The molecule has 2 aliphatic rings. The van der Waals surface area contributed by atoms with Crippen molar-refractivity contribution in [1.82, 2.24) is 24.9 Å². The molecule has 0 spiro atoms. The Morgan fingerprint density at radius 1 is 1.26 bits per heavy atom. The first-order chi connectivity index (χ1) is 12.7. The maximum Gasteiger partial charge on any atom is 0.191 e. The monoisotopic (exact) mass is 546 g/mol. The number of hydrogen-bond donors (Lipinski definition) is 2. The van der Waals surface area contributed by atoms with Gasteiger partial charge in [-0.15, -0.1) is 24.0 Å². The standard InChI is InChI=1S/C19H27BrN6.HI/c1-21-19(24-15-8-9-25(12-15)17-4-2-3-5-17)22-10-16-13-26-11-14(20)6-7-18(26)23-16;/h6-7,11,13,15,17H,2-5,8-10,12H2,1H3,(H2,21,22,24);1H. The van der Waals surface area contributed by atoms with Crippen molar-refractivity contribution in [2.75, 3.05) is 20.1 Å². The summed E-state index contributed by atoms with van der Waals surface area (Å²) in [5, 5.41) is 6.99. The van der Waals surface area contributed by atoms with Crippen molar-refractivity contribution in [3.8, 4) is 0 Å². The molecule has 0 radical (unpaired) electrons. The number of nitrogens with one attached hydrogen (secondary N) is 2. The molecule has 6 nitrogen and oxygen atoms in total. The van der Waals surface area contributed by atoms with E-state index in [1.807, 2.05) is 29.8 Å². The van der Waals surface area contributed by atoms with Crippen molar-refractivity contribution in [3.05, 3.63) is 34.7 Å². The van der Waals surface area contributed by atoms with Gasteiger partial charge in [-0.05, 0) is 47.3 Å². The fourth-order valence-corrected chi connectivity index (χ4v) is 4.52. The van der Waals surface area contributed by atoms with Gasteiger partial charge in [-0.1, -0.05) is 12.8 Å². The molecule has 27 heavy (non-hydrogen) atoms. The van der Waals surface area contributed by atoms with Gasteiger partial charge in [-0.3, -0.25) is 9.89 Å². The number of likely N-dealkylation sites (tertiary alicyclic amines) is 1. The molecular weight excluding hydrogens is 519 g/mol. The summed E-state index contributed by atoms with van der Waals surface area (Å²) in [4.78, 5) is 11.7. The van der Waals surface area contributed by atoms with Crippen molar-refractivity contribution in [3.63, 3.8) is 0 Å². The lowest BCUT2D eigenvalue weighted by Crippen LogP contribution is -2.45. The van der Waals surface area contributed by atoms with Crippen LogP contribution in [0.4, 0.5) is 0 Å². The summed E-state index contributed by atoms with van der Waals surface area (Å²) >= 11 is 3.50. The zero-order valence-corrected chi connectivity index (χ0v) is 19.6. The molecule has 1 saturated carbocycles. The van der Waals surface area contributed by atoms with Gasteiger partial charge in [0, 0.05) is 49.1 Å². The summed E-state index contributed by atoms with van der Waals surface area (Å²) in [5.41, 5.74) is 1.96. The van der Waals surface area contributed by atoms with Gasteiger partial charge in [0.25, 0.3) is 0 Å². The largest absolute Gasteiger partial charge is 0.352 e. The van der Waals surface area contributed by atoms with Crippen LogP contribution in [0.5, 0.6) is 0 Å². The van der Waals surface area contributed by atoms with E-state index in [-0.39, 0.29) is 24.0 Å². The minimum absolute atomic E-state index is 0. The highest BCUT2D eigenvalue weighted by Gasteiger charge is 2.30. The Balaban J connectivity index is 0.00000210. The van der Waals surface area contributed by atoms with Crippen molar-refractivity contribution in [2.24, 2.45) is 4.99 Å². The molecule has 0 amide bonds. The smallest absolute Gasteiger partial charge is 0.191 e. The molecule has 1 unspecified atom stereocenters. The average molecular weight is 547 g/mol. The van der Waals surface area contributed by atoms with Gasteiger partial charge in [-0.2, -0.15) is 0 Å². The highest BCUT2D eigenvalue weighted by atomic mass is 127. The minimum Gasteiger partial charge on any atom is -0.352 e. The van der Waals surface area contributed by atoms with E-state index in [1.54, 1.807) is 0 Å². The highest BCUT2D eigenvalue weighted by Crippen LogP contribution is 2.26. The molecular formula is C19H28BrIN6. The number of imidazole rings is 1. The van der Waals surface area contributed by atoms with Gasteiger partial charge in [0.15, 0.2) is 5.96 Å². The number of pyridine rings is 1. The zero-order chi connectivity index (χ0) is 17.9. The second kappa shape index (κ2) is 9.56. The number of hydrogen-bond acceptors (Lipinski definition) is 3. The first-order valence-electron chi connectivity index (χ1n) is 9.55. The van der Waals surface area contributed by atoms with Crippen LogP contribution in [-0.2, 0) is 6.54 Å². The summed E-state index contributed by atoms with van der Waals surface area (Å²) in [6.45, 7) is 3.01. The summed E-state index contributed by atoms with van der Waals surface area (Å²) in [5.74, 6) is 0.863. The van der Waals surface area contributed by atoms with Gasteiger partial charge >= 0.3 is 0 Å². The van der Waals surface area contributed by atoms with E-state index >= 15 is 0 Å². The van der Waals surface area contributed by atoms with Crippen molar-refractivity contribution < 1.29 is 0 Å². The Morgan fingerprint density at radius 3 is 2.85 bits per heavy atom. The van der Waals surface area contributed by atoms with E-state index < -0.39 is 0 Å². The van der Waals surface area contributed by atoms with E-state index in [1.165, 1.54) is 38.6 Å². The van der Waals surface area contributed by atoms with Crippen molar-refractivity contribution in [1.29, 1.82) is 0 Å². The second-order valence-electron chi connectivity index (χ2n) is 7.33. The van der Waals surface area contributed by atoms with Crippen molar-refractivity contribution in [2.45, 2.75) is 50.7 Å². The van der Waals surface area contributed by atoms with Gasteiger partial charge in [0.2, 0.25) is 0 Å². The molecule has 8 heteroatoms. The second-order valence-corrected chi connectivity index (χ2v) is 8.25. The first kappa shape index (κ1) is 20.9. The Kier molecular flexibility index (Phi) is 7.38. The lowest BCUT2D eigenvalue weighted by molar-refractivity contribution is 0.242. The van der Waals surface area contributed by atoms with Gasteiger partial charge in [0.1, 0.15) is 5.65 Å². The van der Waals surface area contributed by atoms with Crippen LogP contribution in [-0.4, -0.2) is 52.5 Å². The predicted octanol–water partition coefficient (Wildman–Crippen LogP) is 3.40. The number of halogens is 2. The molecule has 1 aliphatic heterocycles. The molecule has 2 aromatic rings. The third kappa shape index (κ3) is 5.14. The first-order valence-corrected chi connectivity index (χ1v) is 10.3. The van der Waals surface area contributed by atoms with Gasteiger partial charge in [0.05, 0.1) is 12.2 Å². The quantitative estimate of drug-likeness (QED) is 0.350. The number of nitrogens with zero attached hydrogens (tertiary/aromatic N) is 4. The molecule has 1 saturated heterocycles. The number of aliphatic imine (C=N–C) groups is 1.